The predicted molar refractivity (Wildman–Crippen MR) is 84.4 cm³/mol. The van der Waals surface area contributed by atoms with Crippen molar-refractivity contribution in [3.05, 3.63) is 62.6 Å². The first kappa shape index (κ1) is 14.0. The second-order valence-corrected chi connectivity index (χ2v) is 5.00. The summed E-state index contributed by atoms with van der Waals surface area (Å²) in [6, 6.07) is 9.55. The first-order valence-electron chi connectivity index (χ1n) is 6.75. The van der Waals surface area contributed by atoms with E-state index in [1.54, 1.807) is 20.2 Å². The van der Waals surface area contributed by atoms with Crippen LogP contribution in [-0.2, 0) is 14.1 Å². The van der Waals surface area contributed by atoms with Gasteiger partial charge in [0, 0.05) is 14.1 Å². The molecule has 0 aliphatic carbocycles. The van der Waals surface area contributed by atoms with Gasteiger partial charge >= 0.3 is 5.69 Å². The summed E-state index contributed by atoms with van der Waals surface area (Å²) in [5, 5.41) is 4.34. The van der Waals surface area contributed by atoms with Crippen molar-refractivity contribution in [2.45, 2.75) is 6.92 Å². The topological polar surface area (TPSA) is 74.2 Å². The molecule has 7 heteroatoms. The highest BCUT2D eigenvalue weighted by molar-refractivity contribution is 5.80. The van der Waals surface area contributed by atoms with Gasteiger partial charge in [-0.05, 0) is 12.5 Å². The number of rotatable bonds is 2. The summed E-state index contributed by atoms with van der Waals surface area (Å²) in [5.74, 6) is 0.542. The monoisotopic (exact) mass is 297 g/mol. The minimum atomic E-state index is -0.413. The van der Waals surface area contributed by atoms with E-state index in [-0.39, 0.29) is 5.52 Å². The van der Waals surface area contributed by atoms with Gasteiger partial charge in [-0.15, -0.1) is 0 Å². The zero-order valence-corrected chi connectivity index (χ0v) is 12.5. The highest BCUT2D eigenvalue weighted by atomic mass is 16.2. The third-order valence-electron chi connectivity index (χ3n) is 3.52. The van der Waals surface area contributed by atoms with E-state index in [0.29, 0.717) is 11.5 Å². The third kappa shape index (κ3) is 2.07. The largest absolute Gasteiger partial charge is 0.332 e. The molecule has 0 aliphatic heterocycles. The van der Waals surface area contributed by atoms with Crippen LogP contribution in [0.1, 0.15) is 11.4 Å². The van der Waals surface area contributed by atoms with Gasteiger partial charge in [-0.2, -0.15) is 5.10 Å². The molecule has 0 saturated heterocycles. The van der Waals surface area contributed by atoms with Gasteiger partial charge in [-0.25, -0.2) is 14.5 Å². The maximum absolute atomic E-state index is 12.4. The lowest BCUT2D eigenvalue weighted by molar-refractivity contribution is 0.705. The Balaban J connectivity index is 2.27. The molecule has 0 fully saturated rings. The van der Waals surface area contributed by atoms with E-state index in [0.717, 1.165) is 10.1 Å². The SMILES string of the molecule is Cc1nc2c(c(=O)n(C)c(=O)n2C)n1N=Cc1ccccc1. The van der Waals surface area contributed by atoms with Crippen LogP contribution in [0.5, 0.6) is 0 Å². The standard InChI is InChI=1S/C15H15N5O2/c1-10-17-13-12(14(21)19(3)15(22)18(13)2)20(10)16-9-11-7-5-4-6-8-11/h4-9H,1-3H3. The number of fused-ring (bicyclic) bond motifs is 1. The number of hydrogen-bond donors (Lipinski definition) is 0. The highest BCUT2D eigenvalue weighted by Crippen LogP contribution is 2.10. The Bertz CT molecular complexity index is 993. The van der Waals surface area contributed by atoms with E-state index < -0.39 is 11.2 Å². The lowest BCUT2D eigenvalue weighted by Gasteiger charge is -2.03. The third-order valence-corrected chi connectivity index (χ3v) is 3.52. The molecule has 112 valence electrons. The van der Waals surface area contributed by atoms with Crippen molar-refractivity contribution < 1.29 is 0 Å². The average Bonchev–Trinajstić information content (AvgIpc) is 2.86. The van der Waals surface area contributed by atoms with E-state index in [4.69, 9.17) is 0 Å². The zero-order chi connectivity index (χ0) is 15.9. The molecule has 2 aromatic heterocycles. The molecule has 0 amide bonds. The Morgan fingerprint density at radius 2 is 1.77 bits per heavy atom. The summed E-state index contributed by atoms with van der Waals surface area (Å²) in [6.45, 7) is 1.74. The molecule has 0 N–H and O–H groups in total. The van der Waals surface area contributed by atoms with Crippen LogP contribution in [0.25, 0.3) is 11.2 Å². The fourth-order valence-electron chi connectivity index (χ4n) is 2.30. The van der Waals surface area contributed by atoms with Gasteiger partial charge in [0.15, 0.2) is 11.2 Å². The van der Waals surface area contributed by atoms with Crippen LogP contribution >= 0.6 is 0 Å². The molecule has 0 spiro atoms. The summed E-state index contributed by atoms with van der Waals surface area (Å²) < 4.78 is 3.86. The Labute approximate surface area is 125 Å². The molecular weight excluding hydrogens is 282 g/mol. The first-order chi connectivity index (χ1) is 10.5. The van der Waals surface area contributed by atoms with Crippen LogP contribution in [0, 0.1) is 6.92 Å². The summed E-state index contributed by atoms with van der Waals surface area (Å²) >= 11 is 0. The van der Waals surface area contributed by atoms with Gasteiger partial charge in [-0.1, -0.05) is 30.3 Å². The molecule has 0 radical (unpaired) electrons. The van der Waals surface area contributed by atoms with Gasteiger partial charge in [0.05, 0.1) is 6.21 Å². The number of aromatic nitrogens is 4. The lowest BCUT2D eigenvalue weighted by atomic mass is 10.2. The maximum atomic E-state index is 12.4. The van der Waals surface area contributed by atoms with Crippen molar-refractivity contribution in [2.24, 2.45) is 19.2 Å². The normalized spacial score (nSPS) is 11.6. The van der Waals surface area contributed by atoms with Crippen molar-refractivity contribution >= 4 is 17.4 Å². The van der Waals surface area contributed by atoms with Gasteiger partial charge in [-0.3, -0.25) is 13.9 Å². The fraction of sp³-hybridized carbons (Fsp3) is 0.200. The average molecular weight is 297 g/mol. The number of hydrogen-bond acceptors (Lipinski definition) is 4. The fourth-order valence-corrected chi connectivity index (χ4v) is 2.30. The zero-order valence-electron chi connectivity index (χ0n) is 12.5. The van der Waals surface area contributed by atoms with E-state index in [9.17, 15) is 9.59 Å². The molecule has 2 heterocycles. The van der Waals surface area contributed by atoms with Crippen LogP contribution in [-0.4, -0.2) is 25.0 Å². The van der Waals surface area contributed by atoms with Crippen LogP contribution in [0.2, 0.25) is 0 Å². The predicted octanol–water partition coefficient (Wildman–Crippen LogP) is 0.624. The van der Waals surface area contributed by atoms with Crippen LogP contribution in [0.3, 0.4) is 0 Å². The summed E-state index contributed by atoms with van der Waals surface area (Å²) in [7, 11) is 3.03. The second-order valence-electron chi connectivity index (χ2n) is 5.00. The van der Waals surface area contributed by atoms with E-state index in [1.807, 2.05) is 30.3 Å². The van der Waals surface area contributed by atoms with Gasteiger partial charge in [0.1, 0.15) is 5.82 Å². The number of nitrogens with zero attached hydrogens (tertiary/aromatic N) is 5. The highest BCUT2D eigenvalue weighted by Gasteiger charge is 2.16. The maximum Gasteiger partial charge on any atom is 0.332 e. The van der Waals surface area contributed by atoms with E-state index >= 15 is 0 Å². The van der Waals surface area contributed by atoms with Crippen molar-refractivity contribution in [1.82, 2.24) is 18.8 Å². The smallest absolute Gasteiger partial charge is 0.279 e. The molecule has 0 atom stereocenters. The van der Waals surface area contributed by atoms with Crippen LogP contribution in [0.15, 0.2) is 45.0 Å². The van der Waals surface area contributed by atoms with Crippen molar-refractivity contribution in [1.29, 1.82) is 0 Å². The molecule has 3 rings (SSSR count). The number of imidazole rings is 1. The molecular formula is C15H15N5O2. The van der Waals surface area contributed by atoms with Crippen LogP contribution in [0.4, 0.5) is 0 Å². The quantitative estimate of drug-likeness (QED) is 0.651. The molecule has 1 aromatic carbocycles. The molecule has 0 saturated carbocycles. The minimum absolute atomic E-state index is 0.286. The second kappa shape index (κ2) is 5.10. The first-order valence-corrected chi connectivity index (χ1v) is 6.75. The summed E-state index contributed by atoms with van der Waals surface area (Å²) in [4.78, 5) is 28.6. The van der Waals surface area contributed by atoms with Crippen molar-refractivity contribution in [3.63, 3.8) is 0 Å². The van der Waals surface area contributed by atoms with E-state index in [1.165, 1.54) is 16.3 Å². The van der Waals surface area contributed by atoms with Gasteiger partial charge in [0.2, 0.25) is 0 Å². The minimum Gasteiger partial charge on any atom is -0.279 e. The Kier molecular flexibility index (Phi) is 3.25. The molecule has 3 aromatic rings. The number of benzene rings is 1. The molecule has 0 aliphatic rings. The van der Waals surface area contributed by atoms with Crippen molar-refractivity contribution in [2.75, 3.05) is 0 Å². The van der Waals surface area contributed by atoms with Gasteiger partial charge in [0.25, 0.3) is 5.56 Å². The van der Waals surface area contributed by atoms with Gasteiger partial charge < -0.3 is 0 Å². The van der Waals surface area contributed by atoms with Crippen molar-refractivity contribution in [3.8, 4) is 0 Å². The molecule has 0 unspecified atom stereocenters. The summed E-state index contributed by atoms with van der Waals surface area (Å²) in [6.07, 6.45) is 1.65. The van der Waals surface area contributed by atoms with E-state index in [2.05, 4.69) is 10.1 Å². The lowest BCUT2D eigenvalue weighted by Crippen LogP contribution is -2.37. The summed E-state index contributed by atoms with van der Waals surface area (Å²) in [5.41, 5.74) is 0.702. The molecule has 0 bridgehead atoms. The Morgan fingerprint density at radius 3 is 2.45 bits per heavy atom. The Hall–Kier alpha value is -2.96. The van der Waals surface area contributed by atoms with Crippen LogP contribution < -0.4 is 11.2 Å². The molecule has 22 heavy (non-hydrogen) atoms. The Morgan fingerprint density at radius 1 is 1.09 bits per heavy atom. The molecule has 7 nitrogen and oxygen atoms in total. The number of aryl methyl sites for hydroxylation is 2.